The van der Waals surface area contributed by atoms with Gasteiger partial charge in [-0.1, -0.05) is 29.4 Å². The number of hydrogen-bond acceptors (Lipinski definition) is 4. The quantitative estimate of drug-likeness (QED) is 0.914. The van der Waals surface area contributed by atoms with E-state index in [2.05, 4.69) is 21.9 Å². The Morgan fingerprint density at radius 2 is 2.18 bits per heavy atom. The molecule has 1 aromatic heterocycles. The molecule has 0 radical (unpaired) electrons. The molecule has 1 aromatic carbocycles. The van der Waals surface area contributed by atoms with Crippen molar-refractivity contribution in [2.24, 2.45) is 0 Å². The molecule has 0 spiro atoms. The first-order valence-electron chi connectivity index (χ1n) is 7.32. The molecule has 0 saturated carbocycles. The van der Waals surface area contributed by atoms with E-state index in [0.29, 0.717) is 30.3 Å². The smallest absolute Gasteiger partial charge is 0.319 e. The minimum absolute atomic E-state index is 0.111. The zero-order valence-electron chi connectivity index (χ0n) is 12.7. The maximum absolute atomic E-state index is 12.0. The number of carbonyl (C=O) groups is 1. The van der Waals surface area contributed by atoms with Gasteiger partial charge in [0.1, 0.15) is 17.5 Å². The number of hydrogen-bond donors (Lipinski definition) is 2. The number of aromatic nitrogens is 1. The highest BCUT2D eigenvalue weighted by Gasteiger charge is 2.21. The highest BCUT2D eigenvalue weighted by atomic mass is 16.5. The van der Waals surface area contributed by atoms with Crippen molar-refractivity contribution in [3.8, 4) is 0 Å². The van der Waals surface area contributed by atoms with E-state index in [1.807, 2.05) is 18.2 Å². The summed E-state index contributed by atoms with van der Waals surface area (Å²) in [4.78, 5) is 12.0. The monoisotopic (exact) mass is 301 g/mol. The molecule has 1 aliphatic heterocycles. The zero-order chi connectivity index (χ0) is 15.5. The van der Waals surface area contributed by atoms with Crippen molar-refractivity contribution < 1.29 is 14.1 Å². The number of fused-ring (bicyclic) bond motifs is 1. The summed E-state index contributed by atoms with van der Waals surface area (Å²) in [6, 6.07) is 7.88. The van der Waals surface area contributed by atoms with Gasteiger partial charge in [0.05, 0.1) is 6.61 Å². The normalized spacial score (nSPS) is 16.9. The number of rotatable bonds is 3. The number of anilines is 1. The van der Waals surface area contributed by atoms with Gasteiger partial charge in [0.15, 0.2) is 5.76 Å². The van der Waals surface area contributed by atoms with E-state index in [1.54, 1.807) is 13.8 Å². The molecule has 6 nitrogen and oxygen atoms in total. The summed E-state index contributed by atoms with van der Waals surface area (Å²) in [7, 11) is 0. The van der Waals surface area contributed by atoms with Gasteiger partial charge in [-0.05, 0) is 31.4 Å². The Labute approximate surface area is 128 Å². The molecule has 0 fully saturated rings. The molecule has 116 valence electrons. The topological polar surface area (TPSA) is 76.4 Å². The lowest BCUT2D eigenvalue weighted by molar-refractivity contribution is 0.0444. The number of ether oxygens (including phenoxy) is 1. The van der Waals surface area contributed by atoms with Crippen LogP contribution in [0, 0.1) is 13.8 Å². The third kappa shape index (κ3) is 2.96. The Hall–Kier alpha value is -2.34. The van der Waals surface area contributed by atoms with E-state index in [4.69, 9.17) is 9.26 Å². The first kappa shape index (κ1) is 14.6. The summed E-state index contributed by atoms with van der Waals surface area (Å²) < 4.78 is 10.8. The van der Waals surface area contributed by atoms with Crippen LogP contribution in [0.1, 0.15) is 28.7 Å². The van der Waals surface area contributed by atoms with Crippen LogP contribution in [0.3, 0.4) is 0 Å². The Morgan fingerprint density at radius 1 is 1.36 bits per heavy atom. The summed E-state index contributed by atoms with van der Waals surface area (Å²) in [5, 5.41) is 9.41. The SMILES string of the molecule is Cc1noc(C)c1NC(=O)NCC1OCCc2ccccc21. The molecule has 0 saturated heterocycles. The lowest BCUT2D eigenvalue weighted by atomic mass is 9.98. The number of nitrogens with zero attached hydrogens (tertiary/aromatic N) is 1. The molecule has 6 heteroatoms. The maximum Gasteiger partial charge on any atom is 0.319 e. The highest BCUT2D eigenvalue weighted by molar-refractivity contribution is 5.90. The molecular formula is C16H19N3O3. The largest absolute Gasteiger partial charge is 0.371 e. The second-order valence-electron chi connectivity index (χ2n) is 5.34. The maximum atomic E-state index is 12.0. The van der Waals surface area contributed by atoms with Gasteiger partial charge in [0.2, 0.25) is 0 Å². The number of benzene rings is 1. The molecule has 2 amide bonds. The minimum atomic E-state index is -0.291. The van der Waals surface area contributed by atoms with Gasteiger partial charge in [0.25, 0.3) is 0 Å². The Morgan fingerprint density at radius 3 is 2.95 bits per heavy atom. The summed E-state index contributed by atoms with van der Waals surface area (Å²) in [5.41, 5.74) is 3.70. The number of aryl methyl sites for hydroxylation is 2. The Balaban J connectivity index is 1.60. The van der Waals surface area contributed by atoms with Gasteiger partial charge in [-0.2, -0.15) is 0 Å². The van der Waals surface area contributed by atoms with Crippen molar-refractivity contribution in [2.75, 3.05) is 18.5 Å². The van der Waals surface area contributed by atoms with E-state index < -0.39 is 0 Å². The van der Waals surface area contributed by atoms with Crippen LogP contribution in [0.2, 0.25) is 0 Å². The summed E-state index contributed by atoms with van der Waals surface area (Å²) in [5.74, 6) is 0.590. The standard InChI is InChI=1S/C16H19N3O3/c1-10-15(11(2)22-19-10)18-16(20)17-9-14-13-6-4-3-5-12(13)7-8-21-14/h3-6,14H,7-9H2,1-2H3,(H2,17,18,20). The van der Waals surface area contributed by atoms with Gasteiger partial charge in [-0.3, -0.25) is 0 Å². The van der Waals surface area contributed by atoms with Crippen molar-refractivity contribution in [2.45, 2.75) is 26.4 Å². The van der Waals surface area contributed by atoms with Crippen LogP contribution in [-0.4, -0.2) is 24.3 Å². The van der Waals surface area contributed by atoms with Crippen LogP contribution in [0.5, 0.6) is 0 Å². The van der Waals surface area contributed by atoms with E-state index in [9.17, 15) is 4.79 Å². The van der Waals surface area contributed by atoms with Crippen LogP contribution in [0.25, 0.3) is 0 Å². The average molecular weight is 301 g/mol. The predicted molar refractivity (Wildman–Crippen MR) is 81.8 cm³/mol. The molecule has 2 aromatic rings. The van der Waals surface area contributed by atoms with Crippen LogP contribution in [0.15, 0.2) is 28.8 Å². The second-order valence-corrected chi connectivity index (χ2v) is 5.34. The number of amides is 2. The average Bonchev–Trinajstić information content (AvgIpc) is 2.85. The molecule has 0 bridgehead atoms. The van der Waals surface area contributed by atoms with E-state index in [-0.39, 0.29) is 12.1 Å². The van der Waals surface area contributed by atoms with Crippen LogP contribution >= 0.6 is 0 Å². The zero-order valence-corrected chi connectivity index (χ0v) is 12.7. The molecule has 1 aliphatic rings. The van der Waals surface area contributed by atoms with Gasteiger partial charge in [-0.25, -0.2) is 4.79 Å². The van der Waals surface area contributed by atoms with Crippen molar-refractivity contribution in [1.82, 2.24) is 10.5 Å². The van der Waals surface area contributed by atoms with E-state index >= 15 is 0 Å². The molecule has 22 heavy (non-hydrogen) atoms. The Bertz CT molecular complexity index is 662. The van der Waals surface area contributed by atoms with Crippen molar-refractivity contribution in [1.29, 1.82) is 0 Å². The van der Waals surface area contributed by atoms with Crippen LogP contribution < -0.4 is 10.6 Å². The van der Waals surface area contributed by atoms with Gasteiger partial charge in [-0.15, -0.1) is 0 Å². The third-order valence-corrected chi connectivity index (χ3v) is 3.81. The summed E-state index contributed by atoms with van der Waals surface area (Å²) in [6.45, 7) is 4.64. The summed E-state index contributed by atoms with van der Waals surface area (Å²) >= 11 is 0. The van der Waals surface area contributed by atoms with Crippen molar-refractivity contribution in [3.05, 3.63) is 46.8 Å². The van der Waals surface area contributed by atoms with Gasteiger partial charge >= 0.3 is 6.03 Å². The molecule has 1 unspecified atom stereocenters. The van der Waals surface area contributed by atoms with Crippen molar-refractivity contribution in [3.63, 3.8) is 0 Å². The Kier molecular flexibility index (Phi) is 4.11. The fourth-order valence-corrected chi connectivity index (χ4v) is 2.65. The first-order chi connectivity index (χ1) is 10.6. The molecule has 1 atom stereocenters. The molecule has 0 aliphatic carbocycles. The highest BCUT2D eigenvalue weighted by Crippen LogP contribution is 2.26. The second kappa shape index (κ2) is 6.19. The molecule has 3 rings (SSSR count). The van der Waals surface area contributed by atoms with Crippen molar-refractivity contribution >= 4 is 11.7 Å². The van der Waals surface area contributed by atoms with E-state index in [0.717, 1.165) is 12.0 Å². The fourth-order valence-electron chi connectivity index (χ4n) is 2.65. The number of urea groups is 1. The molecule has 2 heterocycles. The number of carbonyl (C=O) groups excluding carboxylic acids is 1. The van der Waals surface area contributed by atoms with E-state index in [1.165, 1.54) is 5.56 Å². The molecular weight excluding hydrogens is 282 g/mol. The fraction of sp³-hybridized carbons (Fsp3) is 0.375. The lowest BCUT2D eigenvalue weighted by Crippen LogP contribution is -2.34. The van der Waals surface area contributed by atoms with Gasteiger partial charge < -0.3 is 19.9 Å². The third-order valence-electron chi connectivity index (χ3n) is 3.81. The number of nitrogens with one attached hydrogen (secondary N) is 2. The molecule has 2 N–H and O–H groups in total. The summed E-state index contributed by atoms with van der Waals surface area (Å²) in [6.07, 6.45) is 0.804. The lowest BCUT2D eigenvalue weighted by Gasteiger charge is -2.26. The minimum Gasteiger partial charge on any atom is -0.371 e. The first-order valence-corrected chi connectivity index (χ1v) is 7.32. The predicted octanol–water partition coefficient (Wildman–Crippen LogP) is 2.73. The van der Waals surface area contributed by atoms with Crippen LogP contribution in [-0.2, 0) is 11.2 Å². The van der Waals surface area contributed by atoms with Crippen LogP contribution in [0.4, 0.5) is 10.5 Å². The van der Waals surface area contributed by atoms with Gasteiger partial charge in [0, 0.05) is 6.54 Å².